The standard InChI is InChI=1S/C21H14ClN3O4/c1-12-15(21-24-17-6-2-3-8-19(17)29-21)5-4-7-16(12)23-11-13-9-14(22)10-18(20(13)26)25(27)28/h2-11,26H,1H3. The fourth-order valence-electron chi connectivity index (χ4n) is 2.96. The van der Waals surface area contributed by atoms with Crippen LogP contribution in [0, 0.1) is 17.0 Å². The van der Waals surface area contributed by atoms with Gasteiger partial charge in [0.2, 0.25) is 11.6 Å². The van der Waals surface area contributed by atoms with Crippen LogP contribution < -0.4 is 0 Å². The number of benzene rings is 3. The molecule has 0 amide bonds. The first-order valence-corrected chi connectivity index (χ1v) is 8.98. The van der Waals surface area contributed by atoms with E-state index in [0.717, 1.165) is 22.7 Å². The second kappa shape index (κ2) is 7.37. The van der Waals surface area contributed by atoms with Gasteiger partial charge >= 0.3 is 5.69 Å². The van der Waals surface area contributed by atoms with E-state index in [9.17, 15) is 15.2 Å². The molecule has 0 saturated carbocycles. The van der Waals surface area contributed by atoms with E-state index in [1.54, 1.807) is 6.07 Å². The van der Waals surface area contributed by atoms with Gasteiger partial charge in [-0.2, -0.15) is 0 Å². The zero-order chi connectivity index (χ0) is 20.5. The lowest BCUT2D eigenvalue weighted by molar-refractivity contribution is -0.385. The van der Waals surface area contributed by atoms with Crippen LogP contribution in [-0.2, 0) is 0 Å². The fourth-order valence-corrected chi connectivity index (χ4v) is 3.19. The maximum Gasteiger partial charge on any atom is 0.312 e. The van der Waals surface area contributed by atoms with Gasteiger partial charge in [0.05, 0.1) is 10.6 Å². The molecule has 29 heavy (non-hydrogen) atoms. The van der Waals surface area contributed by atoms with Gasteiger partial charge in [0.25, 0.3) is 0 Å². The molecule has 7 nitrogen and oxygen atoms in total. The van der Waals surface area contributed by atoms with E-state index in [1.807, 2.05) is 43.3 Å². The number of halogens is 1. The molecule has 1 aromatic heterocycles. The molecule has 0 radical (unpaired) electrons. The van der Waals surface area contributed by atoms with Crippen molar-refractivity contribution in [3.8, 4) is 17.2 Å². The summed E-state index contributed by atoms with van der Waals surface area (Å²) in [4.78, 5) is 19.3. The zero-order valence-electron chi connectivity index (χ0n) is 15.2. The second-order valence-electron chi connectivity index (χ2n) is 6.31. The number of hydrogen-bond donors (Lipinski definition) is 1. The number of fused-ring (bicyclic) bond motifs is 1. The summed E-state index contributed by atoms with van der Waals surface area (Å²) in [6.45, 7) is 1.87. The number of oxazole rings is 1. The summed E-state index contributed by atoms with van der Waals surface area (Å²) < 4.78 is 5.83. The van der Waals surface area contributed by atoms with Crippen LogP contribution in [0.4, 0.5) is 11.4 Å². The van der Waals surface area contributed by atoms with Gasteiger partial charge in [-0.25, -0.2) is 4.98 Å². The molecule has 0 fully saturated rings. The van der Waals surface area contributed by atoms with Crippen molar-refractivity contribution in [3.05, 3.63) is 80.9 Å². The molecule has 4 rings (SSSR count). The largest absolute Gasteiger partial charge is 0.502 e. The first-order valence-electron chi connectivity index (χ1n) is 8.60. The lowest BCUT2D eigenvalue weighted by atomic mass is 10.1. The first kappa shape index (κ1) is 18.6. The number of nitro benzene ring substituents is 1. The minimum atomic E-state index is -0.697. The number of aromatic nitrogens is 1. The molecule has 3 aromatic carbocycles. The summed E-state index contributed by atoms with van der Waals surface area (Å²) >= 11 is 5.93. The molecule has 144 valence electrons. The number of aromatic hydroxyl groups is 1. The summed E-state index contributed by atoms with van der Waals surface area (Å²) in [7, 11) is 0. The summed E-state index contributed by atoms with van der Waals surface area (Å²) in [6.07, 6.45) is 1.34. The topological polar surface area (TPSA) is 102 Å². The molecule has 0 aliphatic carbocycles. The molecular weight excluding hydrogens is 394 g/mol. The Morgan fingerprint density at radius 3 is 2.76 bits per heavy atom. The molecule has 0 aliphatic heterocycles. The number of phenolic OH excluding ortho intramolecular Hbond substituents is 1. The molecule has 0 bridgehead atoms. The van der Waals surface area contributed by atoms with Crippen molar-refractivity contribution < 1.29 is 14.4 Å². The van der Waals surface area contributed by atoms with Gasteiger partial charge < -0.3 is 9.52 Å². The van der Waals surface area contributed by atoms with Crippen LogP contribution in [0.15, 0.2) is 64.0 Å². The smallest absolute Gasteiger partial charge is 0.312 e. The summed E-state index contributed by atoms with van der Waals surface area (Å²) in [5.41, 5.74) is 3.31. The number of hydrogen-bond acceptors (Lipinski definition) is 6. The zero-order valence-corrected chi connectivity index (χ0v) is 15.9. The number of para-hydroxylation sites is 2. The van der Waals surface area contributed by atoms with Gasteiger partial charge in [0, 0.05) is 28.4 Å². The third-order valence-electron chi connectivity index (χ3n) is 4.45. The minimum absolute atomic E-state index is 0.132. The van der Waals surface area contributed by atoms with Gasteiger partial charge in [0.1, 0.15) is 5.52 Å². The Balaban J connectivity index is 1.74. The van der Waals surface area contributed by atoms with E-state index in [1.165, 1.54) is 12.3 Å². The Bertz CT molecular complexity index is 1250. The third-order valence-corrected chi connectivity index (χ3v) is 4.67. The van der Waals surface area contributed by atoms with Gasteiger partial charge in [-0.05, 0) is 42.8 Å². The predicted molar refractivity (Wildman–Crippen MR) is 111 cm³/mol. The minimum Gasteiger partial charge on any atom is -0.502 e. The van der Waals surface area contributed by atoms with E-state index in [-0.39, 0.29) is 10.6 Å². The highest BCUT2D eigenvalue weighted by Crippen LogP contribution is 2.34. The maximum atomic E-state index is 11.1. The van der Waals surface area contributed by atoms with Crippen LogP contribution in [0.3, 0.4) is 0 Å². The van der Waals surface area contributed by atoms with Crippen LogP contribution in [0.2, 0.25) is 5.02 Å². The Hall–Kier alpha value is -3.71. The highest BCUT2D eigenvalue weighted by molar-refractivity contribution is 6.31. The van der Waals surface area contributed by atoms with Crippen molar-refractivity contribution in [1.29, 1.82) is 0 Å². The first-order chi connectivity index (χ1) is 13.9. The number of aliphatic imine (C=N–C) groups is 1. The molecule has 1 N–H and O–H groups in total. The fraction of sp³-hybridized carbons (Fsp3) is 0.0476. The van der Waals surface area contributed by atoms with Gasteiger partial charge in [-0.15, -0.1) is 0 Å². The van der Waals surface area contributed by atoms with Gasteiger partial charge in [-0.3, -0.25) is 15.1 Å². The predicted octanol–water partition coefficient (Wildman–Crippen LogP) is 5.82. The van der Waals surface area contributed by atoms with Crippen molar-refractivity contribution in [1.82, 2.24) is 4.98 Å². The molecular formula is C21H14ClN3O4. The molecule has 0 spiro atoms. The van der Waals surface area contributed by atoms with Gasteiger partial charge in [0.15, 0.2) is 5.58 Å². The average molecular weight is 408 g/mol. The summed E-state index contributed by atoms with van der Waals surface area (Å²) in [5, 5.41) is 21.3. The van der Waals surface area contributed by atoms with Crippen LogP contribution in [0.25, 0.3) is 22.6 Å². The van der Waals surface area contributed by atoms with E-state index in [0.29, 0.717) is 17.2 Å². The van der Waals surface area contributed by atoms with Crippen LogP contribution in [0.1, 0.15) is 11.1 Å². The summed E-state index contributed by atoms with van der Waals surface area (Å²) in [5.74, 6) is -0.0158. The number of nitro groups is 1. The Kier molecular flexibility index (Phi) is 4.74. The average Bonchev–Trinajstić information content (AvgIpc) is 3.13. The molecule has 1 heterocycles. The molecule has 0 aliphatic rings. The summed E-state index contributed by atoms with van der Waals surface area (Å²) in [6, 6.07) is 15.5. The maximum absolute atomic E-state index is 11.1. The third kappa shape index (κ3) is 3.55. The van der Waals surface area contributed by atoms with Crippen LogP contribution in [0.5, 0.6) is 5.75 Å². The number of phenols is 1. The van der Waals surface area contributed by atoms with Crippen molar-refractivity contribution >= 4 is 40.3 Å². The normalized spacial score (nSPS) is 11.4. The van der Waals surface area contributed by atoms with Crippen molar-refractivity contribution in [3.63, 3.8) is 0 Å². The quantitative estimate of drug-likeness (QED) is 0.261. The second-order valence-corrected chi connectivity index (χ2v) is 6.75. The molecule has 0 unspecified atom stereocenters. The molecule has 0 atom stereocenters. The highest BCUT2D eigenvalue weighted by Gasteiger charge is 2.18. The Morgan fingerprint density at radius 1 is 1.21 bits per heavy atom. The Labute approximate surface area is 170 Å². The lowest BCUT2D eigenvalue weighted by Gasteiger charge is -2.05. The van der Waals surface area contributed by atoms with E-state index in [4.69, 9.17) is 16.0 Å². The lowest BCUT2D eigenvalue weighted by Crippen LogP contribution is -1.93. The van der Waals surface area contributed by atoms with Gasteiger partial charge in [-0.1, -0.05) is 29.8 Å². The van der Waals surface area contributed by atoms with E-state index in [2.05, 4.69) is 9.98 Å². The van der Waals surface area contributed by atoms with Crippen LogP contribution in [-0.4, -0.2) is 21.2 Å². The SMILES string of the molecule is Cc1c(N=Cc2cc(Cl)cc([N+](=O)[O-])c2O)cccc1-c1nc2ccccc2o1. The molecule has 8 heteroatoms. The van der Waals surface area contributed by atoms with E-state index >= 15 is 0 Å². The molecule has 4 aromatic rings. The van der Waals surface area contributed by atoms with Crippen molar-refractivity contribution in [2.24, 2.45) is 4.99 Å². The monoisotopic (exact) mass is 407 g/mol. The number of rotatable bonds is 4. The number of nitrogens with zero attached hydrogens (tertiary/aromatic N) is 3. The molecule has 0 saturated heterocycles. The highest BCUT2D eigenvalue weighted by atomic mass is 35.5. The Morgan fingerprint density at radius 2 is 2.00 bits per heavy atom. The van der Waals surface area contributed by atoms with Crippen molar-refractivity contribution in [2.45, 2.75) is 6.92 Å². The van der Waals surface area contributed by atoms with Crippen molar-refractivity contribution in [2.75, 3.05) is 0 Å². The van der Waals surface area contributed by atoms with E-state index < -0.39 is 16.4 Å². The van der Waals surface area contributed by atoms with Crippen LogP contribution >= 0.6 is 11.6 Å².